The topological polar surface area (TPSA) is 64.6 Å². The fraction of sp³-hybridized carbons (Fsp3) is 0.444. The summed E-state index contributed by atoms with van der Waals surface area (Å²) in [5.74, 6) is 3.17. The molecule has 0 unspecified atom stereocenters. The van der Waals surface area contributed by atoms with Crippen LogP contribution in [0.3, 0.4) is 0 Å². The molecule has 5 rings (SSSR count). The van der Waals surface area contributed by atoms with E-state index in [0.29, 0.717) is 6.61 Å². The van der Waals surface area contributed by atoms with Crippen LogP contribution in [0.25, 0.3) is 22.2 Å². The van der Waals surface area contributed by atoms with Crippen molar-refractivity contribution < 1.29 is 9.84 Å². The highest BCUT2D eigenvalue weighted by Crippen LogP contribution is 2.33. The lowest BCUT2D eigenvalue weighted by atomic mass is 9.94. The van der Waals surface area contributed by atoms with Crippen molar-refractivity contribution in [3.05, 3.63) is 59.7 Å². The Morgan fingerprint density at radius 3 is 2.67 bits per heavy atom. The molecule has 3 aromatic rings. The SMILES string of the molecule is CC/C=C(/N1CCC(C)(O)CC1)N1CCOc2ccc(-c3ccc4nc(C)[nH]c4c3)cc2C1. The summed E-state index contributed by atoms with van der Waals surface area (Å²) in [6, 6.07) is 12.9. The number of piperidine rings is 1. The Bertz CT molecular complexity index is 1170. The zero-order valence-corrected chi connectivity index (χ0v) is 19.9. The molecular formula is C27H34N4O2. The van der Waals surface area contributed by atoms with Gasteiger partial charge in [-0.15, -0.1) is 0 Å². The molecule has 2 aliphatic rings. The molecular weight excluding hydrogens is 412 g/mol. The van der Waals surface area contributed by atoms with E-state index in [0.717, 1.165) is 68.0 Å². The van der Waals surface area contributed by atoms with Crippen LogP contribution in [0.5, 0.6) is 5.75 Å². The van der Waals surface area contributed by atoms with Crippen LogP contribution in [0, 0.1) is 6.92 Å². The fourth-order valence-electron chi connectivity index (χ4n) is 4.94. The van der Waals surface area contributed by atoms with Gasteiger partial charge in [-0.2, -0.15) is 0 Å². The van der Waals surface area contributed by atoms with Gasteiger partial charge in [0.25, 0.3) is 0 Å². The monoisotopic (exact) mass is 446 g/mol. The number of nitrogens with zero attached hydrogens (tertiary/aromatic N) is 3. The number of rotatable bonds is 4. The van der Waals surface area contributed by atoms with Crippen molar-refractivity contribution in [1.82, 2.24) is 19.8 Å². The molecule has 0 atom stereocenters. The summed E-state index contributed by atoms with van der Waals surface area (Å²) in [5, 5.41) is 10.4. The summed E-state index contributed by atoms with van der Waals surface area (Å²) in [6.45, 7) is 10.2. The second-order valence-corrected chi connectivity index (χ2v) is 9.60. The van der Waals surface area contributed by atoms with Gasteiger partial charge in [-0.25, -0.2) is 4.98 Å². The molecule has 0 radical (unpaired) electrons. The van der Waals surface area contributed by atoms with Crippen LogP contribution >= 0.6 is 0 Å². The summed E-state index contributed by atoms with van der Waals surface area (Å²) < 4.78 is 6.15. The van der Waals surface area contributed by atoms with Crippen LogP contribution in [-0.4, -0.2) is 56.7 Å². The number of H-pyrrole nitrogens is 1. The van der Waals surface area contributed by atoms with E-state index in [1.54, 1.807) is 0 Å². The predicted octanol–water partition coefficient (Wildman–Crippen LogP) is 4.83. The Kier molecular flexibility index (Phi) is 5.79. The lowest BCUT2D eigenvalue weighted by Crippen LogP contribution is -2.45. The maximum atomic E-state index is 10.4. The third-order valence-electron chi connectivity index (χ3n) is 6.85. The minimum absolute atomic E-state index is 0.550. The molecule has 0 bridgehead atoms. The number of aryl methyl sites for hydroxylation is 1. The highest BCUT2D eigenvalue weighted by Gasteiger charge is 2.30. The molecule has 0 aliphatic carbocycles. The van der Waals surface area contributed by atoms with Crippen molar-refractivity contribution in [2.24, 2.45) is 0 Å². The number of hydrogen-bond acceptors (Lipinski definition) is 5. The van der Waals surface area contributed by atoms with Crippen LogP contribution in [-0.2, 0) is 6.54 Å². The van der Waals surface area contributed by atoms with Crippen molar-refractivity contribution >= 4 is 11.0 Å². The number of allylic oxidation sites excluding steroid dienone is 1. The number of aromatic amines is 1. The van der Waals surface area contributed by atoms with Gasteiger partial charge in [0.1, 0.15) is 24.0 Å². The number of likely N-dealkylation sites (tertiary alicyclic amines) is 1. The van der Waals surface area contributed by atoms with Gasteiger partial charge in [0.05, 0.1) is 23.2 Å². The van der Waals surface area contributed by atoms with Crippen molar-refractivity contribution in [2.75, 3.05) is 26.2 Å². The van der Waals surface area contributed by atoms with E-state index in [1.165, 1.54) is 22.5 Å². The molecule has 2 N–H and O–H groups in total. The van der Waals surface area contributed by atoms with Gasteiger partial charge in [-0.1, -0.05) is 19.1 Å². The van der Waals surface area contributed by atoms with Crippen molar-refractivity contribution in [2.45, 2.75) is 52.2 Å². The van der Waals surface area contributed by atoms with Gasteiger partial charge in [-0.05, 0) is 74.6 Å². The van der Waals surface area contributed by atoms with E-state index < -0.39 is 5.60 Å². The first-order valence-electron chi connectivity index (χ1n) is 12.1. The Morgan fingerprint density at radius 1 is 1.12 bits per heavy atom. The lowest BCUT2D eigenvalue weighted by molar-refractivity contribution is -0.00504. The molecule has 0 amide bonds. The Labute approximate surface area is 195 Å². The summed E-state index contributed by atoms with van der Waals surface area (Å²) in [4.78, 5) is 12.7. The number of nitrogens with one attached hydrogen (secondary N) is 1. The number of fused-ring (bicyclic) bond motifs is 2. The molecule has 0 saturated carbocycles. The largest absolute Gasteiger partial charge is 0.491 e. The average molecular weight is 447 g/mol. The molecule has 1 aromatic heterocycles. The van der Waals surface area contributed by atoms with E-state index >= 15 is 0 Å². The quantitative estimate of drug-likeness (QED) is 0.601. The number of ether oxygens (including phenoxy) is 1. The molecule has 1 fully saturated rings. The fourth-order valence-corrected chi connectivity index (χ4v) is 4.94. The van der Waals surface area contributed by atoms with Gasteiger partial charge >= 0.3 is 0 Å². The number of imidazole rings is 1. The minimum atomic E-state index is -0.550. The summed E-state index contributed by atoms with van der Waals surface area (Å²) in [5.41, 5.74) is 5.07. The molecule has 1 saturated heterocycles. The van der Waals surface area contributed by atoms with Gasteiger partial charge in [0.15, 0.2) is 0 Å². The van der Waals surface area contributed by atoms with Crippen LogP contribution in [0.15, 0.2) is 48.3 Å². The first kappa shape index (κ1) is 21.8. The number of hydrogen-bond donors (Lipinski definition) is 2. The van der Waals surface area contributed by atoms with Crippen LogP contribution < -0.4 is 4.74 Å². The Hall–Kier alpha value is -2.99. The normalized spacial score (nSPS) is 18.7. The van der Waals surface area contributed by atoms with Gasteiger partial charge < -0.3 is 24.6 Å². The zero-order chi connectivity index (χ0) is 23.0. The predicted molar refractivity (Wildman–Crippen MR) is 132 cm³/mol. The van der Waals surface area contributed by atoms with Gasteiger partial charge in [0.2, 0.25) is 0 Å². The smallest absolute Gasteiger partial charge is 0.124 e. The Morgan fingerprint density at radius 2 is 1.88 bits per heavy atom. The maximum Gasteiger partial charge on any atom is 0.124 e. The van der Waals surface area contributed by atoms with E-state index in [2.05, 4.69) is 69.2 Å². The first-order chi connectivity index (χ1) is 15.9. The van der Waals surface area contributed by atoms with E-state index in [9.17, 15) is 5.11 Å². The molecule has 33 heavy (non-hydrogen) atoms. The first-order valence-corrected chi connectivity index (χ1v) is 12.1. The van der Waals surface area contributed by atoms with E-state index in [4.69, 9.17) is 4.74 Å². The standard InChI is InChI=1S/C27H34N4O2/c1-4-5-26(30-12-10-27(3,32)11-13-30)31-14-15-33-25-9-7-20(16-22(25)18-31)21-6-8-23-24(17-21)29-19(2)28-23/h5-9,16-17,32H,4,10-15,18H2,1-3H3,(H,28,29)/b26-5-. The molecule has 3 heterocycles. The number of aliphatic hydroxyl groups is 1. The van der Waals surface area contributed by atoms with Crippen LogP contribution in [0.4, 0.5) is 0 Å². The summed E-state index contributed by atoms with van der Waals surface area (Å²) in [6.07, 6.45) is 4.91. The second kappa shape index (κ2) is 8.75. The highest BCUT2D eigenvalue weighted by atomic mass is 16.5. The molecule has 174 valence electrons. The molecule has 6 nitrogen and oxygen atoms in total. The average Bonchev–Trinajstić information content (AvgIpc) is 3.03. The molecule has 2 aliphatic heterocycles. The third-order valence-corrected chi connectivity index (χ3v) is 6.85. The Balaban J connectivity index is 1.42. The molecule has 2 aromatic carbocycles. The van der Waals surface area contributed by atoms with Crippen molar-refractivity contribution in [1.29, 1.82) is 0 Å². The van der Waals surface area contributed by atoms with Gasteiger partial charge in [0, 0.05) is 25.2 Å². The van der Waals surface area contributed by atoms with Crippen LogP contribution in [0.1, 0.15) is 44.5 Å². The number of aromatic nitrogens is 2. The molecule has 0 spiro atoms. The highest BCUT2D eigenvalue weighted by molar-refractivity contribution is 5.82. The molecule has 6 heteroatoms. The third kappa shape index (κ3) is 4.58. The minimum Gasteiger partial charge on any atom is -0.491 e. The number of benzene rings is 2. The van der Waals surface area contributed by atoms with E-state index in [-0.39, 0.29) is 0 Å². The summed E-state index contributed by atoms with van der Waals surface area (Å²) >= 11 is 0. The van der Waals surface area contributed by atoms with Crippen LogP contribution in [0.2, 0.25) is 0 Å². The zero-order valence-electron chi connectivity index (χ0n) is 19.9. The second-order valence-electron chi connectivity index (χ2n) is 9.60. The van der Waals surface area contributed by atoms with Crippen molar-refractivity contribution in [3.8, 4) is 16.9 Å². The summed E-state index contributed by atoms with van der Waals surface area (Å²) in [7, 11) is 0. The lowest BCUT2D eigenvalue weighted by Gasteiger charge is -2.41. The van der Waals surface area contributed by atoms with Crippen molar-refractivity contribution in [3.63, 3.8) is 0 Å². The van der Waals surface area contributed by atoms with Gasteiger partial charge in [-0.3, -0.25) is 0 Å². The van der Waals surface area contributed by atoms with E-state index in [1.807, 2.05) is 13.8 Å². The maximum absolute atomic E-state index is 10.4.